The number of hydrogen-bond donors (Lipinski definition) is 6. The molecule has 0 radical (unpaired) electrons. The molecule has 0 aromatic heterocycles. The number of rotatable bonds is 4. The van der Waals surface area contributed by atoms with E-state index in [-0.39, 0.29) is 12.3 Å². The fourth-order valence-electron chi connectivity index (χ4n) is 3.16. The molecule has 0 spiro atoms. The van der Waals surface area contributed by atoms with Crippen LogP contribution in [0.5, 0.6) is 0 Å². The van der Waals surface area contributed by atoms with Crippen LogP contribution in [0.4, 0.5) is 0 Å². The van der Waals surface area contributed by atoms with Crippen LogP contribution in [-0.4, -0.2) is 99.5 Å². The lowest BCUT2D eigenvalue weighted by Gasteiger charge is -2.45. The zero-order valence-corrected chi connectivity index (χ0v) is 13.1. The van der Waals surface area contributed by atoms with Crippen molar-refractivity contribution >= 4 is 0 Å². The molecule has 136 valence electrons. The van der Waals surface area contributed by atoms with Crippen molar-refractivity contribution in [2.45, 2.75) is 68.5 Å². The second kappa shape index (κ2) is 7.68. The van der Waals surface area contributed by atoms with Crippen molar-refractivity contribution < 1.29 is 44.8 Å². The molecule has 0 amide bonds. The normalized spacial score (nSPS) is 51.7. The predicted molar refractivity (Wildman–Crippen MR) is 75.2 cm³/mol. The van der Waals surface area contributed by atoms with E-state index in [1.807, 2.05) is 0 Å². The molecule has 1 saturated carbocycles. The Balaban J connectivity index is 2.10. The molecule has 2 fully saturated rings. The van der Waals surface area contributed by atoms with Crippen molar-refractivity contribution in [2.75, 3.05) is 13.7 Å². The Hall–Kier alpha value is -0.360. The molecule has 6 N–H and O–H groups in total. The zero-order valence-electron chi connectivity index (χ0n) is 13.1. The molecule has 0 bridgehead atoms. The molecule has 1 saturated heterocycles. The van der Waals surface area contributed by atoms with Gasteiger partial charge in [0.25, 0.3) is 0 Å². The summed E-state index contributed by atoms with van der Waals surface area (Å²) in [5.41, 5.74) is 0. The minimum Gasteiger partial charge on any atom is -0.394 e. The van der Waals surface area contributed by atoms with Crippen LogP contribution < -0.4 is 0 Å². The lowest BCUT2D eigenvalue weighted by Crippen LogP contribution is -2.62. The van der Waals surface area contributed by atoms with Crippen LogP contribution in [0.1, 0.15) is 13.3 Å². The molecule has 2 rings (SSSR count). The van der Waals surface area contributed by atoms with Gasteiger partial charge >= 0.3 is 0 Å². The van der Waals surface area contributed by atoms with Gasteiger partial charge in [-0.2, -0.15) is 0 Å². The van der Waals surface area contributed by atoms with Gasteiger partial charge in [0.1, 0.15) is 36.6 Å². The summed E-state index contributed by atoms with van der Waals surface area (Å²) in [6, 6.07) is 0. The first-order valence-electron chi connectivity index (χ1n) is 7.66. The van der Waals surface area contributed by atoms with E-state index in [1.165, 1.54) is 7.11 Å². The Morgan fingerprint density at radius 1 is 0.957 bits per heavy atom. The Morgan fingerprint density at radius 3 is 2.17 bits per heavy atom. The van der Waals surface area contributed by atoms with Crippen molar-refractivity contribution in [3.8, 4) is 0 Å². The van der Waals surface area contributed by atoms with Crippen molar-refractivity contribution in [3.05, 3.63) is 0 Å². The van der Waals surface area contributed by atoms with Gasteiger partial charge in [0, 0.05) is 7.11 Å². The SMILES string of the molecule is CO[C@H]1O[C@H](CO)[C@@H](O[C@@H]2C[C@@H](C)[C@@H](O)[C@@H](O)[C@@H]2O)[C@H](O)[C@H]1O. The average Bonchev–Trinajstić information content (AvgIpc) is 2.54. The predicted octanol–water partition coefficient (Wildman–Crippen LogP) is -3.05. The van der Waals surface area contributed by atoms with Crippen LogP contribution >= 0.6 is 0 Å². The summed E-state index contributed by atoms with van der Waals surface area (Å²) in [6.45, 7) is 1.21. The zero-order chi connectivity index (χ0) is 17.3. The van der Waals surface area contributed by atoms with Gasteiger partial charge in [-0.15, -0.1) is 0 Å². The largest absolute Gasteiger partial charge is 0.394 e. The number of methoxy groups -OCH3 is 1. The third-order valence-electron chi connectivity index (χ3n) is 4.65. The third-order valence-corrected chi connectivity index (χ3v) is 4.65. The Bertz CT molecular complexity index is 379. The number of aliphatic hydroxyl groups is 6. The van der Waals surface area contributed by atoms with Gasteiger partial charge in [-0.25, -0.2) is 0 Å². The fourth-order valence-corrected chi connectivity index (χ4v) is 3.16. The number of ether oxygens (including phenoxy) is 3. The minimum absolute atomic E-state index is 0.241. The van der Waals surface area contributed by atoms with Gasteiger partial charge in [-0.3, -0.25) is 0 Å². The summed E-state index contributed by atoms with van der Waals surface area (Å²) in [4.78, 5) is 0. The van der Waals surface area contributed by atoms with Gasteiger partial charge in [0.05, 0.1) is 18.8 Å². The van der Waals surface area contributed by atoms with Gasteiger partial charge < -0.3 is 44.8 Å². The van der Waals surface area contributed by atoms with Gasteiger partial charge in [-0.05, 0) is 12.3 Å². The molecule has 0 aromatic carbocycles. The van der Waals surface area contributed by atoms with Crippen molar-refractivity contribution in [3.63, 3.8) is 0 Å². The Labute approximate surface area is 134 Å². The molecule has 1 aliphatic heterocycles. The lowest BCUT2D eigenvalue weighted by molar-refractivity contribution is -0.315. The molecule has 0 unspecified atom stereocenters. The maximum absolute atomic E-state index is 10.2. The van der Waals surface area contributed by atoms with Crippen LogP contribution in [0.3, 0.4) is 0 Å². The molecule has 23 heavy (non-hydrogen) atoms. The Kier molecular flexibility index (Phi) is 6.34. The van der Waals surface area contributed by atoms with E-state index in [4.69, 9.17) is 14.2 Å². The molecular formula is C14H26O9. The Morgan fingerprint density at radius 2 is 1.61 bits per heavy atom. The number of aliphatic hydroxyl groups excluding tert-OH is 6. The van der Waals surface area contributed by atoms with Crippen molar-refractivity contribution in [1.29, 1.82) is 0 Å². The minimum atomic E-state index is -1.41. The van der Waals surface area contributed by atoms with E-state index in [0.29, 0.717) is 0 Å². The first kappa shape index (κ1) is 19.0. The van der Waals surface area contributed by atoms with Crippen LogP contribution in [0.25, 0.3) is 0 Å². The molecule has 1 aliphatic carbocycles. The highest BCUT2D eigenvalue weighted by molar-refractivity contribution is 4.96. The van der Waals surface area contributed by atoms with E-state index >= 15 is 0 Å². The number of hydrogen-bond acceptors (Lipinski definition) is 9. The van der Waals surface area contributed by atoms with E-state index in [1.54, 1.807) is 6.92 Å². The van der Waals surface area contributed by atoms with Gasteiger partial charge in [-0.1, -0.05) is 6.92 Å². The highest BCUT2D eigenvalue weighted by atomic mass is 16.7. The molecular weight excluding hydrogens is 312 g/mol. The van der Waals surface area contributed by atoms with E-state index < -0.39 is 61.7 Å². The average molecular weight is 338 g/mol. The standard InChI is InChI=1S/C14H26O9/c1-5-3-6(9(17)10(18)8(5)16)22-13-7(4-15)23-14(21-2)12(20)11(13)19/h5-20H,3-4H2,1-2H3/t5-,6-,7-,8-,9-,10-,11-,12-,13-,14+/m1/s1. The van der Waals surface area contributed by atoms with Crippen LogP contribution in [0, 0.1) is 5.92 Å². The van der Waals surface area contributed by atoms with E-state index in [0.717, 1.165) is 0 Å². The topological polar surface area (TPSA) is 149 Å². The molecule has 2 aliphatic rings. The molecule has 9 nitrogen and oxygen atoms in total. The monoisotopic (exact) mass is 338 g/mol. The van der Waals surface area contributed by atoms with Gasteiger partial charge in [0.15, 0.2) is 6.29 Å². The highest BCUT2D eigenvalue weighted by Gasteiger charge is 2.49. The lowest BCUT2D eigenvalue weighted by atomic mass is 9.81. The maximum atomic E-state index is 10.2. The molecule has 0 aromatic rings. The summed E-state index contributed by atoms with van der Waals surface area (Å²) < 4.78 is 15.9. The molecule has 10 atom stereocenters. The maximum Gasteiger partial charge on any atom is 0.186 e. The van der Waals surface area contributed by atoms with Crippen LogP contribution in [0.15, 0.2) is 0 Å². The summed E-state index contributed by atoms with van der Waals surface area (Å²) in [5.74, 6) is -0.329. The highest BCUT2D eigenvalue weighted by Crippen LogP contribution is 2.31. The smallest absolute Gasteiger partial charge is 0.186 e. The fraction of sp³-hybridized carbons (Fsp3) is 1.00. The van der Waals surface area contributed by atoms with Crippen LogP contribution in [0.2, 0.25) is 0 Å². The summed E-state index contributed by atoms with van der Waals surface area (Å²) >= 11 is 0. The molecule has 1 heterocycles. The third kappa shape index (κ3) is 3.68. The van der Waals surface area contributed by atoms with E-state index in [9.17, 15) is 30.6 Å². The summed E-state index contributed by atoms with van der Waals surface area (Å²) in [6.07, 6.45) is -10.4. The van der Waals surface area contributed by atoms with Crippen LogP contribution in [-0.2, 0) is 14.2 Å². The summed E-state index contributed by atoms with van der Waals surface area (Å²) in [7, 11) is 1.29. The first-order chi connectivity index (χ1) is 10.8. The van der Waals surface area contributed by atoms with E-state index in [2.05, 4.69) is 0 Å². The first-order valence-corrected chi connectivity index (χ1v) is 7.66. The van der Waals surface area contributed by atoms with Crippen molar-refractivity contribution in [1.82, 2.24) is 0 Å². The van der Waals surface area contributed by atoms with Gasteiger partial charge in [0.2, 0.25) is 0 Å². The quantitative estimate of drug-likeness (QED) is 0.314. The van der Waals surface area contributed by atoms with Crippen molar-refractivity contribution in [2.24, 2.45) is 5.92 Å². The molecule has 9 heteroatoms. The second-order valence-corrected chi connectivity index (χ2v) is 6.27. The second-order valence-electron chi connectivity index (χ2n) is 6.27. The summed E-state index contributed by atoms with van der Waals surface area (Å²) in [5, 5.41) is 59.2.